The largest absolute Gasteiger partial charge is 0.383 e. The molecule has 2 aromatic heterocycles. The summed E-state index contributed by atoms with van der Waals surface area (Å²) in [6.07, 6.45) is 4.86. The van der Waals surface area contributed by atoms with Crippen molar-refractivity contribution in [3.05, 3.63) is 47.0 Å². The minimum atomic E-state index is -0.834. The third kappa shape index (κ3) is 2.53. The lowest BCUT2D eigenvalue weighted by atomic mass is 9.69. The Morgan fingerprint density at radius 1 is 1.36 bits per heavy atom. The average molecular weight is 341 g/mol. The lowest BCUT2D eigenvalue weighted by Gasteiger charge is -2.41. The average Bonchev–Trinajstić information content (AvgIpc) is 3.26. The Kier molecular flexibility index (Phi) is 3.80. The second-order valence-corrected chi connectivity index (χ2v) is 7.89. The normalized spacial score (nSPS) is 29.0. The van der Waals surface area contributed by atoms with Gasteiger partial charge in [0.2, 0.25) is 0 Å². The molecule has 0 bridgehead atoms. The van der Waals surface area contributed by atoms with Crippen molar-refractivity contribution in [3.63, 3.8) is 0 Å². The second-order valence-electron chi connectivity index (χ2n) is 7.89. The van der Waals surface area contributed by atoms with Crippen molar-refractivity contribution in [2.45, 2.75) is 38.7 Å². The maximum absolute atomic E-state index is 13.0. The van der Waals surface area contributed by atoms with Crippen molar-refractivity contribution in [2.24, 2.45) is 18.9 Å². The van der Waals surface area contributed by atoms with Crippen molar-refractivity contribution in [2.75, 3.05) is 13.1 Å². The Bertz CT molecular complexity index is 806. The molecule has 1 aliphatic carbocycles. The van der Waals surface area contributed by atoms with Gasteiger partial charge in [0.25, 0.3) is 5.91 Å². The number of aryl methyl sites for hydroxylation is 3. The first kappa shape index (κ1) is 16.5. The van der Waals surface area contributed by atoms with Crippen LogP contribution in [0.2, 0.25) is 0 Å². The predicted molar refractivity (Wildman–Crippen MR) is 96.3 cm³/mol. The van der Waals surface area contributed by atoms with E-state index in [0.29, 0.717) is 12.5 Å². The molecule has 1 amide bonds. The van der Waals surface area contributed by atoms with Gasteiger partial charge in [0.15, 0.2) is 0 Å². The van der Waals surface area contributed by atoms with Crippen molar-refractivity contribution >= 4 is 5.91 Å². The Labute approximate surface area is 148 Å². The number of hydrogen-bond donors (Lipinski definition) is 2. The molecule has 1 aliphatic heterocycles. The molecule has 2 aromatic rings. The zero-order valence-corrected chi connectivity index (χ0v) is 15.2. The number of aromatic nitrogens is 2. The van der Waals surface area contributed by atoms with Crippen LogP contribution in [0, 0.1) is 25.7 Å². The summed E-state index contributed by atoms with van der Waals surface area (Å²) in [5, 5.41) is 11.5. The summed E-state index contributed by atoms with van der Waals surface area (Å²) in [7, 11) is 1.99. The molecule has 1 saturated carbocycles. The van der Waals surface area contributed by atoms with Crippen LogP contribution in [0.1, 0.15) is 46.7 Å². The molecule has 2 aliphatic rings. The molecule has 0 aromatic carbocycles. The van der Waals surface area contributed by atoms with Gasteiger partial charge in [0.1, 0.15) is 5.60 Å². The van der Waals surface area contributed by atoms with Gasteiger partial charge < -0.3 is 19.6 Å². The van der Waals surface area contributed by atoms with E-state index in [4.69, 9.17) is 0 Å². The molecule has 5 heteroatoms. The molecule has 3 unspecified atom stereocenters. The number of carbonyl (C=O) groups excluding carboxylic acids is 1. The zero-order valence-electron chi connectivity index (χ0n) is 15.2. The summed E-state index contributed by atoms with van der Waals surface area (Å²) in [6.45, 7) is 5.31. The number of likely N-dealkylation sites (tertiary alicyclic amines) is 1. The van der Waals surface area contributed by atoms with E-state index < -0.39 is 5.60 Å². The predicted octanol–water partition coefficient (Wildman–Crippen LogP) is 2.73. The van der Waals surface area contributed by atoms with Crippen LogP contribution in [-0.2, 0) is 12.6 Å². The van der Waals surface area contributed by atoms with E-state index in [-0.39, 0.29) is 11.8 Å². The number of aromatic amines is 1. The number of aliphatic hydroxyl groups is 1. The lowest BCUT2D eigenvalue weighted by molar-refractivity contribution is -0.0697. The van der Waals surface area contributed by atoms with E-state index in [9.17, 15) is 9.90 Å². The highest BCUT2D eigenvalue weighted by atomic mass is 16.3. The van der Waals surface area contributed by atoms with Crippen molar-refractivity contribution in [3.8, 4) is 0 Å². The van der Waals surface area contributed by atoms with E-state index in [1.165, 1.54) is 0 Å². The molecule has 3 atom stereocenters. The number of hydrogen-bond acceptors (Lipinski definition) is 2. The third-order valence-corrected chi connectivity index (χ3v) is 6.24. The number of nitrogens with one attached hydrogen (secondary N) is 1. The lowest BCUT2D eigenvalue weighted by Crippen LogP contribution is -2.44. The van der Waals surface area contributed by atoms with Crippen LogP contribution >= 0.6 is 0 Å². The number of fused-ring (bicyclic) bond motifs is 1. The minimum absolute atomic E-state index is 0.0884. The topological polar surface area (TPSA) is 61.3 Å². The molecule has 25 heavy (non-hydrogen) atoms. The first-order valence-electron chi connectivity index (χ1n) is 9.20. The first-order chi connectivity index (χ1) is 11.9. The Morgan fingerprint density at radius 2 is 2.16 bits per heavy atom. The van der Waals surface area contributed by atoms with Crippen LogP contribution in [0.25, 0.3) is 0 Å². The maximum atomic E-state index is 13.0. The highest BCUT2D eigenvalue weighted by Gasteiger charge is 2.51. The molecule has 0 spiro atoms. The quantitative estimate of drug-likeness (QED) is 0.882. The van der Waals surface area contributed by atoms with Crippen molar-refractivity contribution in [1.82, 2.24) is 14.5 Å². The molecule has 2 N–H and O–H groups in total. The van der Waals surface area contributed by atoms with Gasteiger partial charge in [-0.15, -0.1) is 0 Å². The smallest absolute Gasteiger partial charge is 0.255 e. The van der Waals surface area contributed by atoms with Crippen molar-refractivity contribution in [1.29, 1.82) is 0 Å². The maximum Gasteiger partial charge on any atom is 0.255 e. The molecule has 0 radical (unpaired) electrons. The molecule has 5 nitrogen and oxygen atoms in total. The number of rotatable bonds is 2. The fraction of sp³-hybridized carbons (Fsp3) is 0.550. The fourth-order valence-corrected chi connectivity index (χ4v) is 5.04. The van der Waals surface area contributed by atoms with Gasteiger partial charge in [-0.2, -0.15) is 0 Å². The molecule has 134 valence electrons. The summed E-state index contributed by atoms with van der Waals surface area (Å²) in [5.41, 5.74) is 2.84. The number of carbonyl (C=O) groups is 1. The molecule has 3 heterocycles. The summed E-state index contributed by atoms with van der Waals surface area (Å²) in [4.78, 5) is 18.2. The van der Waals surface area contributed by atoms with Crippen LogP contribution in [0.4, 0.5) is 0 Å². The van der Waals surface area contributed by atoms with Gasteiger partial charge in [-0.1, -0.05) is 0 Å². The second kappa shape index (κ2) is 5.77. The van der Waals surface area contributed by atoms with E-state index >= 15 is 0 Å². The van der Waals surface area contributed by atoms with Gasteiger partial charge in [-0.3, -0.25) is 4.79 Å². The summed E-state index contributed by atoms with van der Waals surface area (Å²) in [6, 6.07) is 5.94. The van der Waals surface area contributed by atoms with Gasteiger partial charge in [0.05, 0.1) is 5.56 Å². The Balaban J connectivity index is 1.62. The van der Waals surface area contributed by atoms with Gasteiger partial charge in [-0.05, 0) is 57.2 Å². The van der Waals surface area contributed by atoms with Crippen LogP contribution < -0.4 is 0 Å². The highest BCUT2D eigenvalue weighted by Crippen LogP contribution is 2.48. The van der Waals surface area contributed by atoms with E-state index in [0.717, 1.165) is 48.5 Å². The summed E-state index contributed by atoms with van der Waals surface area (Å²) < 4.78 is 2.02. The van der Waals surface area contributed by atoms with Gasteiger partial charge in [0, 0.05) is 49.3 Å². The van der Waals surface area contributed by atoms with Crippen molar-refractivity contribution < 1.29 is 9.90 Å². The summed E-state index contributed by atoms with van der Waals surface area (Å²) >= 11 is 0. The number of H-pyrrole nitrogens is 1. The molecule has 4 rings (SSSR count). The SMILES string of the molecule is Cc1cc(C(=O)N2CC3CCCC(O)(c4cccn4C)C3C2)c(C)[nH]1. The molecular weight excluding hydrogens is 314 g/mol. The number of amides is 1. The van der Waals surface area contributed by atoms with Crippen LogP contribution in [0.5, 0.6) is 0 Å². The Morgan fingerprint density at radius 3 is 2.80 bits per heavy atom. The molecular formula is C20H27N3O2. The molecule has 1 saturated heterocycles. The fourth-order valence-electron chi connectivity index (χ4n) is 5.04. The minimum Gasteiger partial charge on any atom is -0.383 e. The number of nitrogens with zero attached hydrogens (tertiary/aromatic N) is 2. The van der Waals surface area contributed by atoms with Crippen LogP contribution in [0.3, 0.4) is 0 Å². The van der Waals surface area contributed by atoms with Gasteiger partial charge >= 0.3 is 0 Å². The van der Waals surface area contributed by atoms with E-state index in [1.807, 2.05) is 54.8 Å². The van der Waals surface area contributed by atoms with Crippen LogP contribution in [-0.4, -0.2) is 38.6 Å². The Hall–Kier alpha value is -2.01. The monoisotopic (exact) mass is 341 g/mol. The van der Waals surface area contributed by atoms with E-state index in [2.05, 4.69) is 4.98 Å². The standard InChI is InChI=1S/C20H27N3O2/c1-13-10-16(14(2)21-13)19(24)23-11-15-6-4-8-20(25,17(15)12-23)18-7-5-9-22(18)3/h5,7,9-10,15,17,21,25H,4,6,8,11-12H2,1-3H3. The zero-order chi connectivity index (χ0) is 17.8. The highest BCUT2D eigenvalue weighted by molar-refractivity contribution is 5.95. The van der Waals surface area contributed by atoms with Gasteiger partial charge in [-0.25, -0.2) is 0 Å². The summed E-state index contributed by atoms with van der Waals surface area (Å²) in [5.74, 6) is 0.572. The van der Waals surface area contributed by atoms with Crippen LogP contribution in [0.15, 0.2) is 24.4 Å². The third-order valence-electron chi connectivity index (χ3n) is 6.24. The van der Waals surface area contributed by atoms with E-state index in [1.54, 1.807) is 0 Å². The first-order valence-corrected chi connectivity index (χ1v) is 9.20. The molecule has 2 fully saturated rings.